The molecule has 2 heterocycles. The van der Waals surface area contributed by atoms with Gasteiger partial charge in [0.15, 0.2) is 5.96 Å². The number of rotatable bonds is 4. The van der Waals surface area contributed by atoms with Crippen LogP contribution in [0.4, 0.5) is 10.3 Å². The van der Waals surface area contributed by atoms with Crippen LogP contribution < -0.4 is 5.73 Å². The number of hydrogen-bond acceptors (Lipinski definition) is 4. The molecule has 6 nitrogen and oxygen atoms in total. The van der Waals surface area contributed by atoms with Gasteiger partial charge in [-0.15, -0.1) is 0 Å². The van der Waals surface area contributed by atoms with E-state index in [2.05, 4.69) is 22.1 Å². The molecule has 1 aliphatic rings. The minimum absolute atomic E-state index is 0.266. The molecule has 2 aromatic carbocycles. The van der Waals surface area contributed by atoms with Crippen LogP contribution in [-0.4, -0.2) is 54.1 Å². The Morgan fingerprint density at radius 3 is 2.45 bits per heavy atom. The molecule has 0 saturated carbocycles. The van der Waals surface area contributed by atoms with Crippen LogP contribution in [0.15, 0.2) is 64.1 Å². The highest BCUT2D eigenvalue weighted by atomic mass is 19.1. The highest BCUT2D eigenvalue weighted by Gasteiger charge is 2.28. The first-order valence-corrected chi connectivity index (χ1v) is 10.4. The fourth-order valence-corrected chi connectivity index (χ4v) is 3.74. The van der Waals surface area contributed by atoms with E-state index in [-0.39, 0.29) is 5.82 Å². The van der Waals surface area contributed by atoms with Gasteiger partial charge in [0.05, 0.1) is 5.69 Å². The monoisotopic (exact) mass is 421 g/mol. The fourth-order valence-electron chi connectivity index (χ4n) is 3.74. The average molecular weight is 422 g/mol. The number of piperazine rings is 1. The van der Waals surface area contributed by atoms with Crippen molar-refractivity contribution in [2.24, 2.45) is 10.7 Å². The van der Waals surface area contributed by atoms with Crippen LogP contribution in [-0.2, 0) is 5.41 Å². The van der Waals surface area contributed by atoms with Gasteiger partial charge in [-0.25, -0.2) is 4.39 Å². The predicted molar refractivity (Wildman–Crippen MR) is 121 cm³/mol. The molecule has 1 saturated heterocycles. The maximum Gasteiger partial charge on any atom is 0.253 e. The third kappa shape index (κ3) is 4.46. The van der Waals surface area contributed by atoms with Crippen LogP contribution >= 0.6 is 0 Å². The molecule has 7 heteroatoms. The second kappa shape index (κ2) is 8.51. The molecule has 0 unspecified atom stereocenters. The van der Waals surface area contributed by atoms with Crippen molar-refractivity contribution in [3.63, 3.8) is 0 Å². The topological polar surface area (TPSA) is 70.9 Å². The SMILES string of the molecule is CN1CCN(/C(N)=N\c2cc(C(C)(C)c3ccc(-c4ccccc4)c(F)c3)no2)CC1. The van der Waals surface area contributed by atoms with E-state index >= 15 is 0 Å². The van der Waals surface area contributed by atoms with Gasteiger partial charge >= 0.3 is 0 Å². The van der Waals surface area contributed by atoms with Crippen LogP contribution in [0.5, 0.6) is 0 Å². The summed E-state index contributed by atoms with van der Waals surface area (Å²) in [5.41, 5.74) is 8.51. The van der Waals surface area contributed by atoms with Gasteiger partial charge in [-0.2, -0.15) is 4.99 Å². The number of likely N-dealkylation sites (N-methyl/N-ethyl adjacent to an activating group) is 1. The van der Waals surface area contributed by atoms with Gasteiger partial charge in [0, 0.05) is 43.2 Å². The van der Waals surface area contributed by atoms with Gasteiger partial charge < -0.3 is 20.1 Å². The third-order valence-electron chi connectivity index (χ3n) is 5.97. The van der Waals surface area contributed by atoms with Crippen molar-refractivity contribution >= 4 is 11.8 Å². The Bertz CT molecular complexity index is 1070. The van der Waals surface area contributed by atoms with E-state index < -0.39 is 5.41 Å². The number of nitrogens with two attached hydrogens (primary N) is 1. The molecule has 0 radical (unpaired) electrons. The number of hydrogen-bond donors (Lipinski definition) is 1. The van der Waals surface area contributed by atoms with E-state index in [0.29, 0.717) is 23.1 Å². The molecule has 162 valence electrons. The van der Waals surface area contributed by atoms with E-state index in [0.717, 1.165) is 37.3 Å². The summed E-state index contributed by atoms with van der Waals surface area (Å²) >= 11 is 0. The Hall–Kier alpha value is -3.19. The highest BCUT2D eigenvalue weighted by molar-refractivity contribution is 5.80. The molecular formula is C24H28FN5O. The maximum atomic E-state index is 14.9. The predicted octanol–water partition coefficient (Wildman–Crippen LogP) is 4.00. The highest BCUT2D eigenvalue weighted by Crippen LogP contribution is 2.35. The first kappa shape index (κ1) is 21.1. The molecule has 31 heavy (non-hydrogen) atoms. The molecule has 0 atom stereocenters. The summed E-state index contributed by atoms with van der Waals surface area (Å²) in [6.45, 7) is 7.50. The van der Waals surface area contributed by atoms with Crippen molar-refractivity contribution in [2.45, 2.75) is 19.3 Å². The molecule has 0 bridgehead atoms. The lowest BCUT2D eigenvalue weighted by molar-refractivity contribution is 0.214. The Morgan fingerprint density at radius 2 is 1.77 bits per heavy atom. The molecule has 0 spiro atoms. The van der Waals surface area contributed by atoms with E-state index in [4.69, 9.17) is 10.3 Å². The number of aromatic nitrogens is 1. The van der Waals surface area contributed by atoms with Crippen molar-refractivity contribution in [2.75, 3.05) is 33.2 Å². The quantitative estimate of drug-likeness (QED) is 0.509. The Morgan fingerprint density at radius 1 is 1.06 bits per heavy atom. The summed E-state index contributed by atoms with van der Waals surface area (Å²) in [6.07, 6.45) is 0. The second-order valence-corrected chi connectivity index (χ2v) is 8.50. The number of halogens is 1. The van der Waals surface area contributed by atoms with Gasteiger partial charge in [-0.1, -0.05) is 61.5 Å². The zero-order valence-corrected chi connectivity index (χ0v) is 18.2. The molecule has 3 aromatic rings. The lowest BCUT2D eigenvalue weighted by Crippen LogP contribution is -2.49. The average Bonchev–Trinajstić information content (AvgIpc) is 3.24. The number of aliphatic imine (C=N–C) groups is 1. The summed E-state index contributed by atoms with van der Waals surface area (Å²) < 4.78 is 20.3. The molecular weight excluding hydrogens is 393 g/mol. The van der Waals surface area contributed by atoms with Gasteiger partial charge in [0.25, 0.3) is 5.88 Å². The van der Waals surface area contributed by atoms with Gasteiger partial charge in [0.2, 0.25) is 0 Å². The molecule has 1 fully saturated rings. The first-order chi connectivity index (χ1) is 14.8. The maximum absolute atomic E-state index is 14.9. The van der Waals surface area contributed by atoms with Crippen LogP contribution in [0, 0.1) is 5.82 Å². The fraction of sp³-hybridized carbons (Fsp3) is 0.333. The molecule has 0 amide bonds. The first-order valence-electron chi connectivity index (χ1n) is 10.4. The summed E-state index contributed by atoms with van der Waals surface area (Å²) in [5.74, 6) is 0.505. The van der Waals surface area contributed by atoms with Crippen molar-refractivity contribution < 1.29 is 8.91 Å². The lowest BCUT2D eigenvalue weighted by Gasteiger charge is -2.32. The van der Waals surface area contributed by atoms with Crippen molar-refractivity contribution in [3.05, 3.63) is 71.7 Å². The van der Waals surface area contributed by atoms with Crippen LogP contribution in [0.25, 0.3) is 11.1 Å². The van der Waals surface area contributed by atoms with Crippen molar-refractivity contribution in [1.82, 2.24) is 15.0 Å². The Kier molecular flexibility index (Phi) is 5.78. The van der Waals surface area contributed by atoms with Crippen LogP contribution in [0.2, 0.25) is 0 Å². The van der Waals surface area contributed by atoms with Crippen molar-refractivity contribution in [3.8, 4) is 11.1 Å². The van der Waals surface area contributed by atoms with Gasteiger partial charge in [-0.3, -0.25) is 0 Å². The van der Waals surface area contributed by atoms with Crippen LogP contribution in [0.1, 0.15) is 25.1 Å². The van der Waals surface area contributed by atoms with Crippen molar-refractivity contribution in [1.29, 1.82) is 0 Å². The standard InChI is InChI=1S/C24H28FN5O/c1-24(2,18-9-10-19(20(25)15-18)17-7-5-4-6-8-17)21-16-22(31-28-21)27-23(26)30-13-11-29(3)12-14-30/h4-10,15-16H,11-14H2,1-3H3,(H2,26,27). The molecule has 2 N–H and O–H groups in total. The molecule has 4 rings (SSSR count). The molecule has 1 aromatic heterocycles. The van der Waals surface area contributed by atoms with Crippen LogP contribution in [0.3, 0.4) is 0 Å². The molecule has 0 aliphatic carbocycles. The van der Waals surface area contributed by atoms with Gasteiger partial charge in [0.1, 0.15) is 5.82 Å². The minimum Gasteiger partial charge on any atom is -0.369 e. The number of guanidine groups is 1. The largest absolute Gasteiger partial charge is 0.369 e. The van der Waals surface area contributed by atoms with E-state index in [1.165, 1.54) is 0 Å². The van der Waals surface area contributed by atoms with E-state index in [9.17, 15) is 4.39 Å². The lowest BCUT2D eigenvalue weighted by atomic mass is 9.81. The second-order valence-electron chi connectivity index (χ2n) is 8.50. The normalized spacial score (nSPS) is 16.0. The molecule has 1 aliphatic heterocycles. The zero-order chi connectivity index (χ0) is 22.0. The van der Waals surface area contributed by atoms with E-state index in [1.54, 1.807) is 12.1 Å². The summed E-state index contributed by atoms with van der Waals surface area (Å²) in [6, 6.07) is 16.6. The Balaban J connectivity index is 1.55. The minimum atomic E-state index is -0.560. The van der Waals surface area contributed by atoms with Gasteiger partial charge in [-0.05, 0) is 24.2 Å². The summed E-state index contributed by atoms with van der Waals surface area (Å²) in [7, 11) is 2.09. The van der Waals surface area contributed by atoms with E-state index in [1.807, 2.05) is 61.2 Å². The third-order valence-corrected chi connectivity index (χ3v) is 5.97. The number of benzene rings is 2. The zero-order valence-electron chi connectivity index (χ0n) is 18.2. The Labute approximate surface area is 182 Å². The number of nitrogens with zero attached hydrogens (tertiary/aromatic N) is 4. The smallest absolute Gasteiger partial charge is 0.253 e. The summed E-state index contributed by atoms with van der Waals surface area (Å²) in [5, 5.41) is 4.20. The summed E-state index contributed by atoms with van der Waals surface area (Å²) in [4.78, 5) is 8.69.